The summed E-state index contributed by atoms with van der Waals surface area (Å²) in [6.07, 6.45) is 3.15. The third-order valence-electron chi connectivity index (χ3n) is 3.14. The van der Waals surface area contributed by atoms with Crippen LogP contribution >= 0.6 is 23.9 Å². The van der Waals surface area contributed by atoms with E-state index in [1.54, 1.807) is 0 Å². The highest BCUT2D eigenvalue weighted by molar-refractivity contribution is 7.08. The molecule has 0 aliphatic carbocycles. The van der Waals surface area contributed by atoms with Crippen molar-refractivity contribution < 1.29 is 4.79 Å². The van der Waals surface area contributed by atoms with E-state index < -0.39 is 0 Å². The zero-order chi connectivity index (χ0) is 11.5. The maximum atomic E-state index is 11.8. The highest BCUT2D eigenvalue weighted by Crippen LogP contribution is 2.23. The van der Waals surface area contributed by atoms with Crippen LogP contribution in [0, 0.1) is 6.92 Å². The summed E-state index contributed by atoms with van der Waals surface area (Å²) in [5, 5.41) is 0. The van der Waals surface area contributed by atoms with Gasteiger partial charge in [-0.2, -0.15) is 4.37 Å². The molecule has 0 N–H and O–H groups in total. The summed E-state index contributed by atoms with van der Waals surface area (Å²) in [6, 6.07) is 0. The average molecular weight is 275 g/mol. The number of halogens is 1. The fourth-order valence-electron chi connectivity index (χ4n) is 2.12. The molecule has 1 saturated heterocycles. The minimum absolute atomic E-state index is 0. The van der Waals surface area contributed by atoms with Gasteiger partial charge in [0.2, 0.25) is 0 Å². The molecular weight excluding hydrogens is 256 g/mol. The van der Waals surface area contributed by atoms with Crippen LogP contribution in [0.5, 0.6) is 0 Å². The molecule has 1 aromatic rings. The van der Waals surface area contributed by atoms with Gasteiger partial charge in [0, 0.05) is 18.5 Å². The third-order valence-corrected chi connectivity index (χ3v) is 4.16. The second-order valence-corrected chi connectivity index (χ2v) is 5.11. The van der Waals surface area contributed by atoms with Gasteiger partial charge in [0.05, 0.1) is 10.6 Å². The first-order chi connectivity index (χ1) is 7.72. The lowest BCUT2D eigenvalue weighted by atomic mass is 10.1. The van der Waals surface area contributed by atoms with Gasteiger partial charge < -0.3 is 0 Å². The third kappa shape index (κ3) is 3.27. The number of likely N-dealkylation sites (tertiary alicyclic amines) is 1. The van der Waals surface area contributed by atoms with Crippen LogP contribution in [0.15, 0.2) is 0 Å². The van der Waals surface area contributed by atoms with Crippen molar-refractivity contribution >= 4 is 29.7 Å². The van der Waals surface area contributed by atoms with E-state index in [-0.39, 0.29) is 18.2 Å². The summed E-state index contributed by atoms with van der Waals surface area (Å²) >= 11 is 1.37. The largest absolute Gasteiger partial charge is 0.299 e. The number of carbonyl (C=O) groups is 1. The van der Waals surface area contributed by atoms with E-state index >= 15 is 0 Å². The Morgan fingerprint density at radius 2 is 2.06 bits per heavy atom. The highest BCUT2D eigenvalue weighted by Gasteiger charge is 2.20. The molecule has 0 spiro atoms. The maximum Gasteiger partial charge on any atom is 0.174 e. The van der Waals surface area contributed by atoms with Crippen molar-refractivity contribution in [3.05, 3.63) is 16.1 Å². The van der Waals surface area contributed by atoms with E-state index in [0.29, 0.717) is 6.42 Å². The second-order valence-electron chi connectivity index (χ2n) is 4.34. The summed E-state index contributed by atoms with van der Waals surface area (Å²) in [7, 11) is 0. The summed E-state index contributed by atoms with van der Waals surface area (Å²) in [5.41, 5.74) is 2.20. The van der Waals surface area contributed by atoms with Gasteiger partial charge in [-0.1, -0.05) is 6.92 Å². The zero-order valence-electron chi connectivity index (χ0n) is 10.4. The van der Waals surface area contributed by atoms with E-state index in [1.807, 2.05) is 13.8 Å². The van der Waals surface area contributed by atoms with Gasteiger partial charge in [-0.05, 0) is 44.4 Å². The van der Waals surface area contributed by atoms with Crippen LogP contribution in [-0.4, -0.2) is 28.1 Å². The number of hydrogen-bond donors (Lipinski definition) is 0. The van der Waals surface area contributed by atoms with Crippen molar-refractivity contribution in [3.8, 4) is 0 Å². The topological polar surface area (TPSA) is 33.2 Å². The first-order valence-corrected chi connectivity index (χ1v) is 6.70. The lowest BCUT2D eigenvalue weighted by molar-refractivity contribution is 0.0990. The second kappa shape index (κ2) is 6.47. The normalized spacial score (nSPS) is 15.9. The number of ketones is 1. The fourth-order valence-corrected chi connectivity index (χ4v) is 3.03. The van der Waals surface area contributed by atoms with Gasteiger partial charge >= 0.3 is 0 Å². The Morgan fingerprint density at radius 3 is 2.65 bits per heavy atom. The monoisotopic (exact) mass is 274 g/mol. The SMILES string of the molecule is CCC(=O)c1snc(C)c1CN1CCCC1.Cl. The van der Waals surface area contributed by atoms with Gasteiger partial charge in [0.25, 0.3) is 0 Å². The molecule has 17 heavy (non-hydrogen) atoms. The van der Waals surface area contributed by atoms with Crippen LogP contribution in [0.2, 0.25) is 0 Å². The van der Waals surface area contributed by atoms with Crippen LogP contribution in [0.25, 0.3) is 0 Å². The van der Waals surface area contributed by atoms with Crippen molar-refractivity contribution in [3.63, 3.8) is 0 Å². The van der Waals surface area contributed by atoms with E-state index in [9.17, 15) is 4.79 Å². The number of aryl methyl sites for hydroxylation is 1. The first-order valence-electron chi connectivity index (χ1n) is 5.93. The molecule has 0 unspecified atom stereocenters. The summed E-state index contributed by atoms with van der Waals surface area (Å²) in [5.74, 6) is 0.236. The van der Waals surface area contributed by atoms with Crippen molar-refractivity contribution in [2.45, 2.75) is 39.7 Å². The van der Waals surface area contributed by atoms with Gasteiger partial charge in [0.15, 0.2) is 5.78 Å². The average Bonchev–Trinajstić information content (AvgIpc) is 2.90. The standard InChI is InChI=1S/C12H18N2OS.ClH/c1-3-11(15)12-10(9(2)13-16-12)8-14-6-4-5-7-14;/h3-8H2,1-2H3;1H. The molecule has 0 radical (unpaired) electrons. The number of carbonyl (C=O) groups excluding carboxylic acids is 1. The number of Topliss-reactive ketones (excluding diaryl/α,β-unsaturated/α-hetero) is 1. The molecule has 0 bridgehead atoms. The first kappa shape index (κ1) is 14.6. The zero-order valence-corrected chi connectivity index (χ0v) is 12.0. The van der Waals surface area contributed by atoms with Gasteiger partial charge in [-0.15, -0.1) is 12.4 Å². The lowest BCUT2D eigenvalue weighted by Crippen LogP contribution is -2.19. The van der Waals surface area contributed by atoms with E-state index in [1.165, 1.54) is 29.9 Å². The molecule has 2 heterocycles. The molecule has 5 heteroatoms. The molecular formula is C12H19ClN2OS. The minimum Gasteiger partial charge on any atom is -0.299 e. The van der Waals surface area contributed by atoms with Crippen molar-refractivity contribution in [1.29, 1.82) is 0 Å². The van der Waals surface area contributed by atoms with Crippen LogP contribution in [0.4, 0.5) is 0 Å². The number of nitrogens with zero attached hydrogens (tertiary/aromatic N) is 2. The quantitative estimate of drug-likeness (QED) is 0.791. The van der Waals surface area contributed by atoms with Crippen LogP contribution in [-0.2, 0) is 6.54 Å². The van der Waals surface area contributed by atoms with Gasteiger partial charge in [0.1, 0.15) is 0 Å². The van der Waals surface area contributed by atoms with Crippen molar-refractivity contribution in [2.75, 3.05) is 13.1 Å². The Kier molecular flexibility index (Phi) is 5.56. The number of rotatable bonds is 4. The van der Waals surface area contributed by atoms with Crippen LogP contribution in [0.1, 0.15) is 47.1 Å². The van der Waals surface area contributed by atoms with Gasteiger partial charge in [-0.3, -0.25) is 9.69 Å². The summed E-state index contributed by atoms with van der Waals surface area (Å²) < 4.78 is 4.32. The molecule has 0 aromatic carbocycles. The Bertz CT molecular complexity index is 386. The smallest absolute Gasteiger partial charge is 0.174 e. The molecule has 0 amide bonds. The molecule has 96 valence electrons. The van der Waals surface area contributed by atoms with Crippen molar-refractivity contribution in [1.82, 2.24) is 9.27 Å². The lowest BCUT2D eigenvalue weighted by Gasteiger charge is -2.14. The molecule has 2 rings (SSSR count). The molecule has 1 aliphatic rings. The fraction of sp³-hybridized carbons (Fsp3) is 0.667. The number of hydrogen-bond acceptors (Lipinski definition) is 4. The minimum atomic E-state index is 0. The van der Waals surface area contributed by atoms with E-state index in [2.05, 4.69) is 9.27 Å². The summed E-state index contributed by atoms with van der Waals surface area (Å²) in [6.45, 7) is 7.15. The Hall–Kier alpha value is -0.450. The van der Waals surface area contributed by atoms with Crippen LogP contribution in [0.3, 0.4) is 0 Å². The Balaban J connectivity index is 0.00000144. The summed E-state index contributed by atoms with van der Waals surface area (Å²) in [4.78, 5) is 15.1. The Morgan fingerprint density at radius 1 is 1.41 bits per heavy atom. The molecule has 3 nitrogen and oxygen atoms in total. The predicted octanol–water partition coefficient (Wildman–Crippen LogP) is 3.06. The highest BCUT2D eigenvalue weighted by atomic mass is 35.5. The maximum absolute atomic E-state index is 11.8. The van der Waals surface area contributed by atoms with Crippen molar-refractivity contribution in [2.24, 2.45) is 0 Å². The van der Waals surface area contributed by atoms with Crippen LogP contribution < -0.4 is 0 Å². The molecule has 1 aliphatic heterocycles. The molecule has 1 fully saturated rings. The number of aromatic nitrogens is 1. The Labute approximate surface area is 113 Å². The molecule has 0 saturated carbocycles. The molecule has 1 aromatic heterocycles. The van der Waals surface area contributed by atoms with E-state index in [0.717, 1.165) is 30.2 Å². The van der Waals surface area contributed by atoms with Gasteiger partial charge in [-0.25, -0.2) is 0 Å². The predicted molar refractivity (Wildman–Crippen MR) is 73.2 cm³/mol. The van der Waals surface area contributed by atoms with E-state index in [4.69, 9.17) is 0 Å². The molecule has 0 atom stereocenters.